The van der Waals surface area contributed by atoms with Crippen LogP contribution in [0.3, 0.4) is 0 Å². The molecule has 1 nitrogen and oxygen atoms in total. The van der Waals surface area contributed by atoms with Gasteiger partial charge in [-0.1, -0.05) is 24.3 Å². The van der Waals surface area contributed by atoms with E-state index in [9.17, 15) is 4.39 Å². The minimum atomic E-state index is -0.275. The Bertz CT molecular complexity index is 451. The van der Waals surface area contributed by atoms with Crippen molar-refractivity contribution in [1.82, 2.24) is 0 Å². The first kappa shape index (κ1) is 9.71. The van der Waals surface area contributed by atoms with Gasteiger partial charge in [0.25, 0.3) is 0 Å². The minimum Gasteiger partial charge on any atom is -0.496 e. The summed E-state index contributed by atoms with van der Waals surface area (Å²) in [6.07, 6.45) is 0. The van der Waals surface area contributed by atoms with Crippen LogP contribution in [0.2, 0.25) is 0 Å². The lowest BCUT2D eigenvalue weighted by atomic mass is 10.0. The zero-order valence-corrected chi connectivity index (χ0v) is 8.33. The first-order valence-corrected chi connectivity index (χ1v) is 4.62. The lowest BCUT2D eigenvalue weighted by molar-refractivity contribution is 0.415. The van der Waals surface area contributed by atoms with Crippen molar-refractivity contribution < 1.29 is 9.13 Å². The van der Waals surface area contributed by atoms with Crippen molar-refractivity contribution in [2.75, 3.05) is 7.11 Å². The molecule has 0 bridgehead atoms. The molecular weight excluding hydrogens is 191 g/mol. The average Bonchev–Trinajstić information content (AvgIpc) is 2.30. The minimum absolute atomic E-state index is 0.275. The summed E-state index contributed by atoms with van der Waals surface area (Å²) in [5.41, 5.74) is 1.55. The van der Waals surface area contributed by atoms with Crippen molar-refractivity contribution in [1.29, 1.82) is 0 Å². The summed E-state index contributed by atoms with van der Waals surface area (Å²) < 4.78 is 18.3. The van der Waals surface area contributed by atoms with Gasteiger partial charge >= 0.3 is 0 Å². The summed E-state index contributed by atoms with van der Waals surface area (Å²) in [4.78, 5) is 0. The van der Waals surface area contributed by atoms with Gasteiger partial charge < -0.3 is 4.74 Å². The maximum Gasteiger partial charge on any atom is 0.126 e. The van der Waals surface area contributed by atoms with Gasteiger partial charge in [-0.25, -0.2) is 4.39 Å². The Morgan fingerprint density at radius 2 is 2.07 bits per heavy atom. The van der Waals surface area contributed by atoms with Crippen LogP contribution in [-0.2, 0) is 0 Å². The van der Waals surface area contributed by atoms with Gasteiger partial charge in [0.15, 0.2) is 0 Å². The van der Waals surface area contributed by atoms with Crippen molar-refractivity contribution in [3.8, 4) is 16.9 Å². The average molecular weight is 201 g/mol. The Morgan fingerprint density at radius 3 is 2.73 bits per heavy atom. The predicted molar refractivity (Wildman–Crippen MR) is 57.2 cm³/mol. The van der Waals surface area contributed by atoms with Crippen LogP contribution >= 0.6 is 0 Å². The van der Waals surface area contributed by atoms with Crippen LogP contribution in [0.1, 0.15) is 0 Å². The van der Waals surface area contributed by atoms with Gasteiger partial charge in [0.2, 0.25) is 0 Å². The van der Waals surface area contributed by atoms with E-state index in [-0.39, 0.29) is 5.82 Å². The molecule has 0 saturated carbocycles. The largest absolute Gasteiger partial charge is 0.496 e. The molecule has 2 aromatic rings. The third kappa shape index (κ3) is 1.99. The molecule has 0 aliphatic carbocycles. The van der Waals surface area contributed by atoms with Crippen LogP contribution < -0.4 is 4.74 Å². The molecule has 0 unspecified atom stereocenters. The first-order valence-electron chi connectivity index (χ1n) is 4.62. The number of ether oxygens (including phenoxy) is 1. The van der Waals surface area contributed by atoms with Crippen molar-refractivity contribution in [2.24, 2.45) is 0 Å². The van der Waals surface area contributed by atoms with E-state index in [1.54, 1.807) is 19.2 Å². The number of methoxy groups -OCH3 is 1. The topological polar surface area (TPSA) is 9.23 Å². The van der Waals surface area contributed by atoms with E-state index >= 15 is 0 Å². The van der Waals surface area contributed by atoms with E-state index in [0.29, 0.717) is 5.75 Å². The monoisotopic (exact) mass is 201 g/mol. The summed E-state index contributed by atoms with van der Waals surface area (Å²) in [5, 5.41) is 0. The quantitative estimate of drug-likeness (QED) is 0.724. The number of hydrogen-bond donors (Lipinski definition) is 0. The van der Waals surface area contributed by atoms with Gasteiger partial charge in [-0.3, -0.25) is 0 Å². The molecule has 75 valence electrons. The van der Waals surface area contributed by atoms with Crippen molar-refractivity contribution in [2.45, 2.75) is 0 Å². The fraction of sp³-hybridized carbons (Fsp3) is 0.0769. The van der Waals surface area contributed by atoms with E-state index in [4.69, 9.17) is 4.74 Å². The molecule has 0 atom stereocenters. The van der Waals surface area contributed by atoms with E-state index < -0.39 is 0 Å². The molecule has 0 aliphatic heterocycles. The summed E-state index contributed by atoms with van der Waals surface area (Å²) in [6.45, 7) is 0. The van der Waals surface area contributed by atoms with E-state index in [1.165, 1.54) is 12.1 Å². The maximum atomic E-state index is 13.1. The maximum absolute atomic E-state index is 13.1. The van der Waals surface area contributed by atoms with E-state index in [0.717, 1.165) is 11.1 Å². The molecule has 0 amide bonds. The van der Waals surface area contributed by atoms with Crippen LogP contribution in [0.25, 0.3) is 11.1 Å². The molecule has 0 N–H and O–H groups in total. The normalized spacial score (nSPS) is 10.0. The van der Waals surface area contributed by atoms with Gasteiger partial charge in [0, 0.05) is 5.56 Å². The summed E-state index contributed by atoms with van der Waals surface area (Å²) in [6, 6.07) is 14.9. The highest BCUT2D eigenvalue weighted by atomic mass is 19.1. The Hall–Kier alpha value is -1.83. The second-order valence-electron chi connectivity index (χ2n) is 3.12. The van der Waals surface area contributed by atoms with Crippen LogP contribution in [0.5, 0.6) is 5.75 Å². The molecule has 0 heterocycles. The van der Waals surface area contributed by atoms with Crippen molar-refractivity contribution in [3.63, 3.8) is 0 Å². The van der Waals surface area contributed by atoms with Gasteiger partial charge in [-0.15, -0.1) is 0 Å². The summed E-state index contributed by atoms with van der Waals surface area (Å²) in [7, 11) is 1.57. The van der Waals surface area contributed by atoms with Crippen molar-refractivity contribution in [3.05, 3.63) is 54.3 Å². The molecule has 0 aliphatic rings. The van der Waals surface area contributed by atoms with Gasteiger partial charge in [-0.05, 0) is 29.8 Å². The Labute approximate surface area is 88.1 Å². The molecule has 0 spiro atoms. The number of benzene rings is 2. The highest BCUT2D eigenvalue weighted by molar-refractivity contribution is 5.69. The van der Waals surface area contributed by atoms with Crippen LogP contribution in [-0.4, -0.2) is 7.11 Å². The smallest absolute Gasteiger partial charge is 0.126 e. The van der Waals surface area contributed by atoms with E-state index in [2.05, 4.69) is 6.07 Å². The third-order valence-electron chi connectivity index (χ3n) is 2.16. The SMILES string of the molecule is COc1ccc(F)cc1-c1[c]cccc1. The van der Waals surface area contributed by atoms with E-state index in [1.807, 2.05) is 18.2 Å². The molecule has 0 aromatic heterocycles. The first-order chi connectivity index (χ1) is 7.31. The van der Waals surface area contributed by atoms with Gasteiger partial charge in [-0.2, -0.15) is 0 Å². The number of rotatable bonds is 2. The third-order valence-corrected chi connectivity index (χ3v) is 2.16. The second kappa shape index (κ2) is 4.13. The summed E-state index contributed by atoms with van der Waals surface area (Å²) in [5.74, 6) is 0.377. The molecule has 0 fully saturated rings. The lowest BCUT2D eigenvalue weighted by Crippen LogP contribution is -1.88. The Morgan fingerprint density at radius 1 is 1.20 bits per heavy atom. The zero-order chi connectivity index (χ0) is 10.7. The molecule has 2 rings (SSSR count). The molecular formula is C13H10FO. The fourth-order valence-corrected chi connectivity index (χ4v) is 1.45. The lowest BCUT2D eigenvalue weighted by Gasteiger charge is -2.07. The zero-order valence-electron chi connectivity index (χ0n) is 8.33. The van der Waals surface area contributed by atoms with Crippen molar-refractivity contribution >= 4 is 0 Å². The summed E-state index contributed by atoms with van der Waals surface area (Å²) >= 11 is 0. The van der Waals surface area contributed by atoms with Crippen LogP contribution in [0.4, 0.5) is 4.39 Å². The fourth-order valence-electron chi connectivity index (χ4n) is 1.45. The highest BCUT2D eigenvalue weighted by Gasteiger charge is 2.06. The van der Waals surface area contributed by atoms with Gasteiger partial charge in [0.1, 0.15) is 11.6 Å². The molecule has 1 radical (unpaired) electrons. The number of halogens is 1. The Balaban J connectivity index is 2.56. The second-order valence-corrected chi connectivity index (χ2v) is 3.12. The standard InChI is InChI=1S/C13H10FO/c1-15-13-8-7-11(14)9-12(13)10-5-3-2-4-6-10/h2-5,7-9H,1H3. The molecule has 2 aromatic carbocycles. The van der Waals surface area contributed by atoms with Gasteiger partial charge in [0.05, 0.1) is 7.11 Å². The molecule has 15 heavy (non-hydrogen) atoms. The van der Waals surface area contributed by atoms with Crippen LogP contribution in [0.15, 0.2) is 42.5 Å². The highest BCUT2D eigenvalue weighted by Crippen LogP contribution is 2.29. The van der Waals surface area contributed by atoms with Crippen LogP contribution in [0, 0.1) is 11.9 Å². The predicted octanol–water partition coefficient (Wildman–Crippen LogP) is 3.30. The Kier molecular flexibility index (Phi) is 2.68. The number of hydrogen-bond acceptors (Lipinski definition) is 1. The molecule has 2 heteroatoms. The molecule has 0 saturated heterocycles.